The monoisotopic (exact) mass is 369 g/mol. The highest BCUT2D eigenvalue weighted by Crippen LogP contribution is 2.31. The number of alkyl halides is 2. The molecule has 0 aliphatic carbocycles. The molecule has 132 valence electrons. The molecule has 2 aromatic rings. The fourth-order valence-corrected chi connectivity index (χ4v) is 2.45. The number of esters is 1. The Morgan fingerprint density at radius 3 is 2.56 bits per heavy atom. The van der Waals surface area contributed by atoms with Gasteiger partial charge in [0, 0.05) is 11.0 Å². The van der Waals surface area contributed by atoms with Crippen LogP contribution in [0.15, 0.2) is 47.4 Å². The highest BCUT2D eigenvalue weighted by atomic mass is 32.2. The van der Waals surface area contributed by atoms with Crippen molar-refractivity contribution in [3.63, 3.8) is 0 Å². The van der Waals surface area contributed by atoms with Crippen molar-refractivity contribution in [2.24, 2.45) is 0 Å². The van der Waals surface area contributed by atoms with Gasteiger partial charge in [-0.2, -0.15) is 8.78 Å². The average Bonchev–Trinajstić information content (AvgIpc) is 2.54. The normalized spacial score (nSPS) is 10.5. The predicted molar refractivity (Wildman–Crippen MR) is 87.0 cm³/mol. The van der Waals surface area contributed by atoms with Crippen molar-refractivity contribution in [3.8, 4) is 11.5 Å². The van der Waals surface area contributed by atoms with Crippen molar-refractivity contribution >= 4 is 29.3 Å². The average molecular weight is 369 g/mol. The molecule has 6 nitrogen and oxygen atoms in total. The molecule has 0 bridgehead atoms. The van der Waals surface area contributed by atoms with Gasteiger partial charge in [0.15, 0.2) is 6.61 Å². The van der Waals surface area contributed by atoms with Gasteiger partial charge >= 0.3 is 5.97 Å². The Kier molecular flexibility index (Phi) is 6.18. The number of hydrogen-bond acceptors (Lipinski definition) is 6. The summed E-state index contributed by atoms with van der Waals surface area (Å²) in [5, 5.41) is 21.1. The molecule has 25 heavy (non-hydrogen) atoms. The Balaban J connectivity index is 1.96. The molecule has 9 heteroatoms. The van der Waals surface area contributed by atoms with Crippen molar-refractivity contribution in [1.82, 2.24) is 0 Å². The van der Waals surface area contributed by atoms with E-state index in [4.69, 9.17) is 9.84 Å². The van der Waals surface area contributed by atoms with Gasteiger partial charge in [-0.3, -0.25) is 4.79 Å². The molecule has 0 aliphatic heterocycles. The molecule has 0 aromatic heterocycles. The van der Waals surface area contributed by atoms with Crippen LogP contribution in [0.3, 0.4) is 0 Å². The first-order chi connectivity index (χ1) is 11.9. The summed E-state index contributed by atoms with van der Waals surface area (Å²) in [6.07, 6.45) is 0. The van der Waals surface area contributed by atoms with E-state index in [0.29, 0.717) is 0 Å². The third-order valence-electron chi connectivity index (χ3n) is 2.91. The Morgan fingerprint density at radius 1 is 1.16 bits per heavy atom. The predicted octanol–water partition coefficient (Wildman–Crippen LogP) is 3.21. The van der Waals surface area contributed by atoms with E-state index in [2.05, 4.69) is 5.32 Å². The SMILES string of the molecule is O=C(COC(=O)c1ccc(O)cc1O)Nc1ccccc1SC(F)F. The van der Waals surface area contributed by atoms with E-state index in [9.17, 15) is 23.5 Å². The molecule has 0 spiro atoms. The van der Waals surface area contributed by atoms with Gasteiger partial charge in [0.05, 0.1) is 5.69 Å². The van der Waals surface area contributed by atoms with Crippen LogP contribution in [0.25, 0.3) is 0 Å². The topological polar surface area (TPSA) is 95.9 Å². The highest BCUT2D eigenvalue weighted by Gasteiger charge is 2.16. The minimum atomic E-state index is -2.65. The molecular formula is C16H13F2NO5S. The van der Waals surface area contributed by atoms with Gasteiger partial charge < -0.3 is 20.3 Å². The third-order valence-corrected chi connectivity index (χ3v) is 3.70. The Labute approximate surface area is 145 Å². The second-order valence-corrected chi connectivity index (χ2v) is 5.73. The van der Waals surface area contributed by atoms with E-state index < -0.39 is 30.0 Å². The highest BCUT2D eigenvalue weighted by molar-refractivity contribution is 7.99. The first kappa shape index (κ1) is 18.5. The number of para-hydroxylation sites is 1. The van der Waals surface area contributed by atoms with Crippen LogP contribution < -0.4 is 5.32 Å². The number of aromatic hydroxyl groups is 2. The Hall–Kier alpha value is -2.81. The van der Waals surface area contributed by atoms with Crippen LogP contribution in [0, 0.1) is 0 Å². The maximum Gasteiger partial charge on any atom is 0.342 e. The number of phenolic OH excluding ortho intramolecular Hbond substituents is 2. The van der Waals surface area contributed by atoms with Crippen LogP contribution in [-0.2, 0) is 9.53 Å². The maximum absolute atomic E-state index is 12.5. The minimum absolute atomic E-state index is 0.168. The largest absolute Gasteiger partial charge is 0.508 e. The smallest absolute Gasteiger partial charge is 0.342 e. The number of rotatable bonds is 6. The fraction of sp³-hybridized carbons (Fsp3) is 0.125. The zero-order valence-electron chi connectivity index (χ0n) is 12.6. The van der Waals surface area contributed by atoms with Gasteiger partial charge in [-0.15, -0.1) is 0 Å². The molecule has 0 fully saturated rings. The molecule has 3 N–H and O–H groups in total. The second-order valence-electron chi connectivity index (χ2n) is 4.70. The van der Waals surface area contributed by atoms with Gasteiger partial charge in [0.2, 0.25) is 0 Å². The fourth-order valence-electron chi connectivity index (χ4n) is 1.86. The van der Waals surface area contributed by atoms with E-state index in [1.165, 1.54) is 18.2 Å². The summed E-state index contributed by atoms with van der Waals surface area (Å²) in [4.78, 5) is 23.8. The van der Waals surface area contributed by atoms with Gasteiger partial charge in [0.25, 0.3) is 11.7 Å². The van der Waals surface area contributed by atoms with E-state index in [1.54, 1.807) is 12.1 Å². The molecule has 1 amide bonds. The number of benzene rings is 2. The van der Waals surface area contributed by atoms with Crippen LogP contribution in [0.2, 0.25) is 0 Å². The van der Waals surface area contributed by atoms with Crippen molar-refractivity contribution in [2.45, 2.75) is 10.7 Å². The number of ether oxygens (including phenoxy) is 1. The standard InChI is InChI=1S/C16H13F2NO5S/c17-16(18)25-13-4-2-1-3-11(13)19-14(22)8-24-15(23)10-6-5-9(20)7-12(10)21/h1-7,16,20-21H,8H2,(H,19,22). The van der Waals surface area contributed by atoms with E-state index in [-0.39, 0.29) is 33.7 Å². The van der Waals surface area contributed by atoms with Crippen LogP contribution in [0.4, 0.5) is 14.5 Å². The van der Waals surface area contributed by atoms with Crippen LogP contribution in [0.5, 0.6) is 11.5 Å². The van der Waals surface area contributed by atoms with Crippen LogP contribution >= 0.6 is 11.8 Å². The van der Waals surface area contributed by atoms with Gasteiger partial charge in [-0.05, 0) is 24.3 Å². The van der Waals surface area contributed by atoms with Crippen LogP contribution in [-0.4, -0.2) is 34.5 Å². The lowest BCUT2D eigenvalue weighted by Gasteiger charge is -2.11. The molecule has 0 radical (unpaired) electrons. The number of carbonyl (C=O) groups excluding carboxylic acids is 2. The van der Waals surface area contributed by atoms with Crippen molar-refractivity contribution < 1.29 is 33.3 Å². The summed E-state index contributed by atoms with van der Waals surface area (Å²) in [5.41, 5.74) is -0.0550. The Bertz CT molecular complexity index is 785. The van der Waals surface area contributed by atoms with Crippen LogP contribution in [0.1, 0.15) is 10.4 Å². The zero-order valence-corrected chi connectivity index (χ0v) is 13.4. The molecule has 0 atom stereocenters. The lowest BCUT2D eigenvalue weighted by molar-refractivity contribution is -0.119. The minimum Gasteiger partial charge on any atom is -0.508 e. The quantitative estimate of drug-likeness (QED) is 0.535. The van der Waals surface area contributed by atoms with E-state index >= 15 is 0 Å². The molecule has 0 saturated carbocycles. The maximum atomic E-state index is 12.5. The molecule has 2 aromatic carbocycles. The molecule has 0 heterocycles. The number of carbonyl (C=O) groups is 2. The van der Waals surface area contributed by atoms with Gasteiger partial charge in [-0.25, -0.2) is 4.79 Å². The second kappa shape index (κ2) is 8.34. The summed E-state index contributed by atoms with van der Waals surface area (Å²) < 4.78 is 29.7. The molecular weight excluding hydrogens is 356 g/mol. The Morgan fingerprint density at radius 2 is 1.88 bits per heavy atom. The van der Waals surface area contributed by atoms with Gasteiger partial charge in [0.1, 0.15) is 17.1 Å². The summed E-state index contributed by atoms with van der Waals surface area (Å²) in [6, 6.07) is 9.24. The summed E-state index contributed by atoms with van der Waals surface area (Å²) in [7, 11) is 0. The first-order valence-electron chi connectivity index (χ1n) is 6.89. The van der Waals surface area contributed by atoms with Crippen molar-refractivity contribution in [3.05, 3.63) is 48.0 Å². The lowest BCUT2D eigenvalue weighted by Crippen LogP contribution is -2.21. The number of anilines is 1. The van der Waals surface area contributed by atoms with E-state index in [0.717, 1.165) is 12.1 Å². The van der Waals surface area contributed by atoms with Gasteiger partial charge in [-0.1, -0.05) is 23.9 Å². The molecule has 0 unspecified atom stereocenters. The van der Waals surface area contributed by atoms with Crippen molar-refractivity contribution in [1.29, 1.82) is 0 Å². The number of nitrogens with one attached hydrogen (secondary N) is 1. The number of thioether (sulfide) groups is 1. The number of hydrogen-bond donors (Lipinski definition) is 3. The number of amides is 1. The third kappa shape index (κ3) is 5.35. The summed E-state index contributed by atoms with van der Waals surface area (Å²) in [6.45, 7) is -0.674. The molecule has 2 rings (SSSR count). The van der Waals surface area contributed by atoms with Crippen molar-refractivity contribution in [2.75, 3.05) is 11.9 Å². The van der Waals surface area contributed by atoms with E-state index in [1.807, 2.05) is 0 Å². The molecule has 0 saturated heterocycles. The molecule has 0 aliphatic rings. The number of halogens is 2. The summed E-state index contributed by atoms with van der Waals surface area (Å²) >= 11 is 0.279. The first-order valence-corrected chi connectivity index (χ1v) is 7.77. The number of phenols is 2. The zero-order chi connectivity index (χ0) is 18.4. The summed E-state index contributed by atoms with van der Waals surface area (Å²) in [5.74, 6) is -5.07. The lowest BCUT2D eigenvalue weighted by atomic mass is 10.2.